The van der Waals surface area contributed by atoms with Crippen molar-refractivity contribution in [3.63, 3.8) is 0 Å². The van der Waals surface area contributed by atoms with Gasteiger partial charge in [0.15, 0.2) is 11.5 Å². The molecule has 0 saturated heterocycles. The standard InChI is InChI=1S/C23H23N3O3/c1-3-4-5-15-6-8-16(9-7-15)21-20(14(2)27)22(28)23(29)26(21)17-10-11-18-19(12-17)25-13-24-18/h6-13,21,28H,3-5H2,1-2H3,(H,24,25). The van der Waals surface area contributed by atoms with E-state index in [1.54, 1.807) is 18.5 Å². The summed E-state index contributed by atoms with van der Waals surface area (Å²) in [7, 11) is 0. The number of benzene rings is 2. The molecule has 6 heteroatoms. The fraction of sp³-hybridized carbons (Fsp3) is 0.261. The highest BCUT2D eigenvalue weighted by Crippen LogP contribution is 2.41. The van der Waals surface area contributed by atoms with Crippen molar-refractivity contribution in [2.24, 2.45) is 0 Å². The first-order valence-corrected chi connectivity index (χ1v) is 9.81. The van der Waals surface area contributed by atoms with Crippen molar-refractivity contribution in [3.05, 3.63) is 71.3 Å². The smallest absolute Gasteiger partial charge is 0.294 e. The Morgan fingerprint density at radius 2 is 1.97 bits per heavy atom. The molecule has 0 saturated carbocycles. The number of nitrogens with one attached hydrogen (secondary N) is 1. The van der Waals surface area contributed by atoms with Crippen LogP contribution in [-0.4, -0.2) is 26.8 Å². The lowest BCUT2D eigenvalue weighted by atomic mass is 9.95. The molecule has 4 rings (SSSR count). The Morgan fingerprint density at radius 3 is 2.66 bits per heavy atom. The van der Waals surface area contributed by atoms with E-state index in [0.717, 1.165) is 30.3 Å². The first kappa shape index (κ1) is 18.9. The molecule has 1 aromatic heterocycles. The number of H-pyrrole nitrogens is 1. The van der Waals surface area contributed by atoms with Gasteiger partial charge in [-0.1, -0.05) is 37.6 Å². The minimum absolute atomic E-state index is 0.124. The van der Waals surface area contributed by atoms with E-state index in [4.69, 9.17) is 0 Å². The van der Waals surface area contributed by atoms with Crippen molar-refractivity contribution in [2.45, 2.75) is 39.2 Å². The number of amides is 1. The summed E-state index contributed by atoms with van der Waals surface area (Å²) < 4.78 is 0. The van der Waals surface area contributed by atoms with Gasteiger partial charge in [0.05, 0.1) is 29.0 Å². The van der Waals surface area contributed by atoms with Gasteiger partial charge in [0, 0.05) is 5.69 Å². The fourth-order valence-electron chi connectivity index (χ4n) is 3.86. The lowest BCUT2D eigenvalue weighted by molar-refractivity contribution is -0.117. The lowest BCUT2D eigenvalue weighted by Gasteiger charge is -2.27. The molecule has 1 amide bonds. The van der Waals surface area contributed by atoms with Gasteiger partial charge in [-0.2, -0.15) is 0 Å². The number of unbranched alkanes of at least 4 members (excludes halogenated alkanes) is 1. The first-order chi connectivity index (χ1) is 14.0. The lowest BCUT2D eigenvalue weighted by Crippen LogP contribution is -2.30. The topological polar surface area (TPSA) is 86.3 Å². The Labute approximate surface area is 168 Å². The Kier molecular flexibility index (Phi) is 4.92. The van der Waals surface area contributed by atoms with Crippen molar-refractivity contribution in [1.82, 2.24) is 9.97 Å². The summed E-state index contributed by atoms with van der Waals surface area (Å²) in [6.07, 6.45) is 4.80. The highest BCUT2D eigenvalue weighted by Gasteiger charge is 2.43. The van der Waals surface area contributed by atoms with Crippen molar-refractivity contribution in [2.75, 3.05) is 4.90 Å². The molecular weight excluding hydrogens is 366 g/mol. The van der Waals surface area contributed by atoms with E-state index in [9.17, 15) is 14.7 Å². The molecule has 2 N–H and O–H groups in total. The minimum Gasteiger partial charge on any atom is -0.503 e. The van der Waals surface area contributed by atoms with Gasteiger partial charge in [-0.25, -0.2) is 4.98 Å². The molecule has 29 heavy (non-hydrogen) atoms. The van der Waals surface area contributed by atoms with E-state index >= 15 is 0 Å². The fourth-order valence-corrected chi connectivity index (χ4v) is 3.86. The predicted octanol–water partition coefficient (Wildman–Crippen LogP) is 4.39. The molecule has 148 valence electrons. The number of anilines is 1. The average Bonchev–Trinajstić information content (AvgIpc) is 3.29. The second kappa shape index (κ2) is 7.54. The molecule has 1 aliphatic rings. The van der Waals surface area contributed by atoms with Crippen LogP contribution in [0, 0.1) is 0 Å². The van der Waals surface area contributed by atoms with Gasteiger partial charge >= 0.3 is 0 Å². The molecule has 1 atom stereocenters. The number of aliphatic hydroxyl groups is 1. The number of carbonyl (C=O) groups excluding carboxylic acids is 2. The molecular formula is C23H23N3O3. The molecule has 3 aromatic rings. The van der Waals surface area contributed by atoms with E-state index < -0.39 is 17.7 Å². The number of hydrogen-bond donors (Lipinski definition) is 2. The van der Waals surface area contributed by atoms with E-state index in [1.807, 2.05) is 30.3 Å². The van der Waals surface area contributed by atoms with Crippen LogP contribution in [0.3, 0.4) is 0 Å². The average molecular weight is 389 g/mol. The van der Waals surface area contributed by atoms with E-state index in [0.29, 0.717) is 11.2 Å². The van der Waals surface area contributed by atoms with Gasteiger partial charge in [0.25, 0.3) is 5.91 Å². The second-order valence-corrected chi connectivity index (χ2v) is 7.35. The maximum Gasteiger partial charge on any atom is 0.294 e. The molecule has 0 spiro atoms. The minimum atomic E-state index is -0.670. The van der Waals surface area contributed by atoms with E-state index in [2.05, 4.69) is 16.9 Å². The van der Waals surface area contributed by atoms with Crippen LogP contribution in [0.5, 0.6) is 0 Å². The van der Waals surface area contributed by atoms with Crippen LogP contribution in [0.1, 0.15) is 43.9 Å². The number of imidazole rings is 1. The number of aromatic amines is 1. The van der Waals surface area contributed by atoms with Crippen LogP contribution in [0.2, 0.25) is 0 Å². The largest absolute Gasteiger partial charge is 0.503 e. The number of ketones is 1. The second-order valence-electron chi connectivity index (χ2n) is 7.35. The van der Waals surface area contributed by atoms with Crippen molar-refractivity contribution < 1.29 is 14.7 Å². The zero-order valence-electron chi connectivity index (χ0n) is 16.5. The van der Waals surface area contributed by atoms with Gasteiger partial charge in [0.1, 0.15) is 0 Å². The van der Waals surface area contributed by atoms with Gasteiger partial charge in [-0.05, 0) is 49.1 Å². The monoisotopic (exact) mass is 389 g/mol. The van der Waals surface area contributed by atoms with Crippen molar-refractivity contribution >= 4 is 28.4 Å². The Bertz CT molecular complexity index is 1110. The summed E-state index contributed by atoms with van der Waals surface area (Å²) in [5.41, 5.74) is 4.26. The maximum absolute atomic E-state index is 12.9. The zero-order valence-corrected chi connectivity index (χ0v) is 16.5. The van der Waals surface area contributed by atoms with Gasteiger partial charge in [-0.3, -0.25) is 14.5 Å². The quantitative estimate of drug-likeness (QED) is 0.654. The number of nitrogens with zero attached hydrogens (tertiary/aromatic N) is 2. The van der Waals surface area contributed by atoms with Crippen molar-refractivity contribution in [1.29, 1.82) is 0 Å². The Morgan fingerprint density at radius 1 is 1.21 bits per heavy atom. The number of aliphatic hydroxyl groups excluding tert-OH is 1. The van der Waals surface area contributed by atoms with Crippen molar-refractivity contribution in [3.8, 4) is 0 Å². The summed E-state index contributed by atoms with van der Waals surface area (Å²) in [5.74, 6) is -1.39. The molecule has 0 bridgehead atoms. The van der Waals surface area contributed by atoms with Gasteiger partial charge in [-0.15, -0.1) is 0 Å². The summed E-state index contributed by atoms with van der Waals surface area (Å²) >= 11 is 0. The third kappa shape index (κ3) is 3.31. The SMILES string of the molecule is CCCCc1ccc(C2C(C(C)=O)=C(O)C(=O)N2c2ccc3[nH]cnc3c2)cc1. The molecule has 2 aromatic carbocycles. The molecule has 1 unspecified atom stereocenters. The Hall–Kier alpha value is -3.41. The summed E-state index contributed by atoms with van der Waals surface area (Å²) in [6, 6.07) is 12.7. The number of Topliss-reactive ketones (excluding diaryl/α,β-unsaturated/α-hetero) is 1. The number of rotatable bonds is 6. The zero-order chi connectivity index (χ0) is 20.5. The van der Waals surface area contributed by atoms with Crippen LogP contribution in [0.25, 0.3) is 11.0 Å². The molecule has 6 nitrogen and oxygen atoms in total. The number of carbonyl (C=O) groups is 2. The van der Waals surface area contributed by atoms with Crippen LogP contribution in [0.4, 0.5) is 5.69 Å². The summed E-state index contributed by atoms with van der Waals surface area (Å²) in [4.78, 5) is 34.0. The van der Waals surface area contributed by atoms with Gasteiger partial charge in [0.2, 0.25) is 0 Å². The molecule has 0 fully saturated rings. The van der Waals surface area contributed by atoms with Crippen LogP contribution in [-0.2, 0) is 16.0 Å². The Balaban J connectivity index is 1.79. The predicted molar refractivity (Wildman–Crippen MR) is 112 cm³/mol. The molecule has 0 aliphatic carbocycles. The molecule has 1 aliphatic heterocycles. The van der Waals surface area contributed by atoms with Crippen LogP contribution < -0.4 is 4.90 Å². The number of aryl methyl sites for hydroxylation is 1. The van der Waals surface area contributed by atoms with Crippen LogP contribution >= 0.6 is 0 Å². The van der Waals surface area contributed by atoms with Crippen LogP contribution in [0.15, 0.2) is 60.1 Å². The number of aromatic nitrogens is 2. The number of fused-ring (bicyclic) bond motifs is 1. The number of hydrogen-bond acceptors (Lipinski definition) is 4. The third-order valence-corrected chi connectivity index (χ3v) is 5.39. The highest BCUT2D eigenvalue weighted by molar-refractivity contribution is 6.16. The summed E-state index contributed by atoms with van der Waals surface area (Å²) in [6.45, 7) is 3.53. The maximum atomic E-state index is 12.9. The van der Waals surface area contributed by atoms with Gasteiger partial charge < -0.3 is 10.1 Å². The third-order valence-electron chi connectivity index (χ3n) is 5.39. The van der Waals surface area contributed by atoms with E-state index in [-0.39, 0.29) is 11.4 Å². The van der Waals surface area contributed by atoms with E-state index in [1.165, 1.54) is 17.4 Å². The first-order valence-electron chi connectivity index (χ1n) is 9.81. The molecule has 0 radical (unpaired) electrons. The summed E-state index contributed by atoms with van der Waals surface area (Å²) in [5, 5.41) is 10.5. The highest BCUT2D eigenvalue weighted by atomic mass is 16.3. The molecule has 2 heterocycles. The normalized spacial score (nSPS) is 16.8.